The second-order valence-electron chi connectivity index (χ2n) is 3.78. The Morgan fingerprint density at radius 3 is 2.40 bits per heavy atom. The molecule has 0 aromatic heterocycles. The van der Waals surface area contributed by atoms with Crippen molar-refractivity contribution in [1.82, 2.24) is 0 Å². The van der Waals surface area contributed by atoms with Crippen molar-refractivity contribution in [2.24, 2.45) is 0 Å². The van der Waals surface area contributed by atoms with Crippen molar-refractivity contribution < 1.29 is 29.2 Å². The Labute approximate surface area is 133 Å². The molecule has 0 bridgehead atoms. The molecular formula is C13H10N2O3SZn. The van der Waals surface area contributed by atoms with Gasteiger partial charge in [0.15, 0.2) is 0 Å². The summed E-state index contributed by atoms with van der Waals surface area (Å²) in [7, 11) is 0. The van der Waals surface area contributed by atoms with Gasteiger partial charge in [-0.25, -0.2) is 0 Å². The number of hydrogen-bond donors (Lipinski definition) is 2. The first-order valence-electron chi connectivity index (χ1n) is 5.42. The van der Waals surface area contributed by atoms with Crippen LogP contribution >= 0.6 is 12.6 Å². The number of para-hydroxylation sites is 1. The molecule has 0 aliphatic heterocycles. The number of carbonyl (C=O) groups excluding carboxylic acids is 1. The van der Waals surface area contributed by atoms with Gasteiger partial charge in [0.05, 0.1) is 9.82 Å². The summed E-state index contributed by atoms with van der Waals surface area (Å²) in [5, 5.41) is 13.4. The van der Waals surface area contributed by atoms with Crippen LogP contribution in [0.3, 0.4) is 0 Å². The van der Waals surface area contributed by atoms with Crippen molar-refractivity contribution in [1.29, 1.82) is 0 Å². The zero-order chi connectivity index (χ0) is 13.8. The second-order valence-corrected chi connectivity index (χ2v) is 4.26. The first-order chi connectivity index (χ1) is 9.08. The van der Waals surface area contributed by atoms with Crippen LogP contribution < -0.4 is 5.32 Å². The molecule has 2 aromatic carbocycles. The largest absolute Gasteiger partial charge is 0.322 e. The Hall–Kier alpha value is -1.72. The fourth-order valence-electron chi connectivity index (χ4n) is 1.54. The summed E-state index contributed by atoms with van der Waals surface area (Å²) in [6, 6.07) is 13.0. The van der Waals surface area contributed by atoms with Gasteiger partial charge in [0.1, 0.15) is 0 Å². The molecule has 98 valence electrons. The molecule has 0 atom stereocenters. The Bertz CT molecular complexity index is 635. The Morgan fingerprint density at radius 1 is 1.15 bits per heavy atom. The SMILES string of the molecule is O=C(Nc1ccccc1)c1ccc(S)c([N+](=O)[O-])c1.[Zn]. The van der Waals surface area contributed by atoms with E-state index in [2.05, 4.69) is 17.9 Å². The van der Waals surface area contributed by atoms with Crippen LogP contribution in [0, 0.1) is 10.1 Å². The summed E-state index contributed by atoms with van der Waals surface area (Å²) in [5.41, 5.74) is 0.655. The number of nitrogens with zero attached hydrogens (tertiary/aromatic N) is 1. The molecule has 0 fully saturated rings. The molecule has 0 aliphatic rings. The predicted octanol–water partition coefficient (Wildman–Crippen LogP) is 3.13. The molecular weight excluding hydrogens is 330 g/mol. The fraction of sp³-hybridized carbons (Fsp3) is 0. The van der Waals surface area contributed by atoms with Gasteiger partial charge in [-0.05, 0) is 24.3 Å². The summed E-state index contributed by atoms with van der Waals surface area (Å²) in [5.74, 6) is -0.400. The van der Waals surface area contributed by atoms with E-state index in [1.165, 1.54) is 18.2 Å². The number of rotatable bonds is 3. The summed E-state index contributed by atoms with van der Waals surface area (Å²) in [6.07, 6.45) is 0. The molecule has 0 aliphatic carbocycles. The minimum absolute atomic E-state index is 0. The van der Waals surface area contributed by atoms with Gasteiger partial charge in [-0.1, -0.05) is 18.2 Å². The first-order valence-corrected chi connectivity index (χ1v) is 5.86. The van der Waals surface area contributed by atoms with Crippen LogP contribution in [-0.2, 0) is 19.5 Å². The number of nitro groups is 1. The molecule has 0 spiro atoms. The summed E-state index contributed by atoms with van der Waals surface area (Å²) in [4.78, 5) is 22.4. The molecule has 0 saturated heterocycles. The van der Waals surface area contributed by atoms with E-state index in [9.17, 15) is 14.9 Å². The van der Waals surface area contributed by atoms with Gasteiger partial charge < -0.3 is 5.32 Å². The van der Waals surface area contributed by atoms with Crippen molar-refractivity contribution in [3.63, 3.8) is 0 Å². The number of benzene rings is 2. The minimum atomic E-state index is -0.568. The van der Waals surface area contributed by atoms with Crippen LogP contribution in [0.5, 0.6) is 0 Å². The Morgan fingerprint density at radius 2 is 1.80 bits per heavy atom. The third kappa shape index (κ3) is 3.89. The van der Waals surface area contributed by atoms with Crippen LogP contribution in [0.2, 0.25) is 0 Å². The molecule has 2 rings (SSSR count). The number of anilines is 1. The van der Waals surface area contributed by atoms with Gasteiger partial charge in [-0.15, -0.1) is 12.6 Å². The zero-order valence-electron chi connectivity index (χ0n) is 10.4. The van der Waals surface area contributed by atoms with Gasteiger partial charge in [-0.2, -0.15) is 0 Å². The van der Waals surface area contributed by atoms with Crippen LogP contribution in [0.25, 0.3) is 0 Å². The number of carbonyl (C=O) groups is 1. The van der Waals surface area contributed by atoms with Crippen molar-refractivity contribution in [2.45, 2.75) is 4.90 Å². The zero-order valence-corrected chi connectivity index (χ0v) is 14.3. The fourth-order valence-corrected chi connectivity index (χ4v) is 1.76. The van der Waals surface area contributed by atoms with E-state index in [1.54, 1.807) is 24.3 Å². The number of thiol groups is 1. The van der Waals surface area contributed by atoms with Gasteiger partial charge in [-0.3, -0.25) is 14.9 Å². The van der Waals surface area contributed by atoms with Crippen LogP contribution in [-0.4, -0.2) is 10.8 Å². The predicted molar refractivity (Wildman–Crippen MR) is 74.7 cm³/mol. The van der Waals surface area contributed by atoms with Gasteiger partial charge in [0, 0.05) is 36.8 Å². The molecule has 0 radical (unpaired) electrons. The molecule has 7 heteroatoms. The van der Waals surface area contributed by atoms with Crippen molar-refractivity contribution >= 4 is 29.9 Å². The van der Waals surface area contributed by atoms with Crippen molar-refractivity contribution in [3.8, 4) is 0 Å². The molecule has 0 unspecified atom stereocenters. The average Bonchev–Trinajstić information content (AvgIpc) is 2.40. The van der Waals surface area contributed by atoms with E-state index in [1.807, 2.05) is 6.07 Å². The van der Waals surface area contributed by atoms with E-state index in [0.29, 0.717) is 5.69 Å². The maximum atomic E-state index is 11.9. The Kier molecular flexibility index (Phi) is 5.86. The standard InChI is InChI=1S/C13H10N2O3S.Zn/c16-13(14-10-4-2-1-3-5-10)9-6-7-12(19)11(8-9)15(17)18;/h1-8,19H,(H,14,16);. The third-order valence-electron chi connectivity index (χ3n) is 2.47. The van der Waals surface area contributed by atoms with E-state index < -0.39 is 10.8 Å². The van der Waals surface area contributed by atoms with E-state index in [-0.39, 0.29) is 35.6 Å². The summed E-state index contributed by atoms with van der Waals surface area (Å²) >= 11 is 3.98. The van der Waals surface area contributed by atoms with E-state index in [0.717, 1.165) is 0 Å². The quantitative estimate of drug-likeness (QED) is 0.390. The number of nitrogens with one attached hydrogen (secondary N) is 1. The third-order valence-corrected chi connectivity index (χ3v) is 2.84. The molecule has 0 heterocycles. The van der Waals surface area contributed by atoms with Crippen LogP contribution in [0.1, 0.15) is 10.4 Å². The smallest absolute Gasteiger partial charge is 0.283 e. The number of amides is 1. The second kappa shape index (κ2) is 7.17. The maximum absolute atomic E-state index is 11.9. The topological polar surface area (TPSA) is 72.2 Å². The summed E-state index contributed by atoms with van der Waals surface area (Å²) < 4.78 is 0. The molecule has 0 saturated carbocycles. The average molecular weight is 340 g/mol. The van der Waals surface area contributed by atoms with Crippen LogP contribution in [0.4, 0.5) is 11.4 Å². The van der Waals surface area contributed by atoms with Crippen LogP contribution in [0.15, 0.2) is 53.4 Å². The van der Waals surface area contributed by atoms with Gasteiger partial charge in [0.2, 0.25) is 0 Å². The number of hydrogen-bond acceptors (Lipinski definition) is 4. The molecule has 1 amide bonds. The Balaban J connectivity index is 0.00000200. The monoisotopic (exact) mass is 338 g/mol. The first kappa shape index (κ1) is 16.3. The van der Waals surface area contributed by atoms with Gasteiger partial charge >= 0.3 is 0 Å². The molecule has 20 heavy (non-hydrogen) atoms. The summed E-state index contributed by atoms with van der Waals surface area (Å²) in [6.45, 7) is 0. The van der Waals surface area contributed by atoms with E-state index >= 15 is 0 Å². The van der Waals surface area contributed by atoms with Gasteiger partial charge in [0.25, 0.3) is 11.6 Å². The molecule has 5 nitrogen and oxygen atoms in total. The maximum Gasteiger partial charge on any atom is 0.283 e. The normalized spacial score (nSPS) is 9.45. The van der Waals surface area contributed by atoms with E-state index in [4.69, 9.17) is 0 Å². The molecule has 2 aromatic rings. The molecule has 1 N–H and O–H groups in total. The minimum Gasteiger partial charge on any atom is -0.322 e. The number of nitro benzene ring substituents is 1. The van der Waals surface area contributed by atoms with Crippen molar-refractivity contribution in [2.75, 3.05) is 5.32 Å². The van der Waals surface area contributed by atoms with Crippen molar-refractivity contribution in [3.05, 3.63) is 64.2 Å².